The van der Waals surface area contributed by atoms with Crippen LogP contribution in [0.2, 0.25) is 0 Å². The second-order valence-electron chi connectivity index (χ2n) is 11.6. The summed E-state index contributed by atoms with van der Waals surface area (Å²) >= 11 is 0. The SMILES string of the molecule is Cc1ccc(-c2cnn(-c3nc(NC4CCOC4)c4ncn([C@@H]5O[C@@H](CCC(N)=O)[C@H]6OC(C)(C)O[C@H]65)c4n3)c2)cc1. The van der Waals surface area contributed by atoms with Gasteiger partial charge in [-0.15, -0.1) is 0 Å². The number of hydrogen-bond acceptors (Lipinski definition) is 10. The van der Waals surface area contributed by atoms with Crippen LogP contribution in [0.4, 0.5) is 5.82 Å². The van der Waals surface area contributed by atoms with Crippen molar-refractivity contribution in [2.24, 2.45) is 5.73 Å². The Morgan fingerprint density at radius 1 is 1.14 bits per heavy atom. The van der Waals surface area contributed by atoms with Crippen molar-refractivity contribution in [3.8, 4) is 17.1 Å². The number of imidazole rings is 1. The Hall–Kier alpha value is -3.91. The van der Waals surface area contributed by atoms with Crippen LogP contribution in [-0.2, 0) is 23.7 Å². The number of anilines is 1. The van der Waals surface area contributed by atoms with E-state index in [0.29, 0.717) is 42.6 Å². The molecular formula is C29H34N8O5. The molecule has 6 heterocycles. The van der Waals surface area contributed by atoms with E-state index in [4.69, 9.17) is 39.6 Å². The molecular weight excluding hydrogens is 540 g/mol. The van der Waals surface area contributed by atoms with Gasteiger partial charge in [-0.1, -0.05) is 29.8 Å². The first-order valence-electron chi connectivity index (χ1n) is 14.2. The summed E-state index contributed by atoms with van der Waals surface area (Å²) in [6.45, 7) is 7.07. The van der Waals surface area contributed by atoms with Crippen molar-refractivity contribution in [1.29, 1.82) is 0 Å². The molecule has 7 rings (SSSR count). The zero-order valence-electron chi connectivity index (χ0n) is 23.8. The number of nitrogens with zero attached hydrogens (tertiary/aromatic N) is 6. The summed E-state index contributed by atoms with van der Waals surface area (Å²) in [6.07, 6.45) is 5.07. The lowest BCUT2D eigenvalue weighted by atomic mass is 10.1. The van der Waals surface area contributed by atoms with Crippen molar-refractivity contribution in [2.75, 3.05) is 18.5 Å². The molecule has 3 aliphatic heterocycles. The molecule has 1 aromatic carbocycles. The van der Waals surface area contributed by atoms with Crippen LogP contribution in [0, 0.1) is 6.92 Å². The molecule has 0 saturated carbocycles. The van der Waals surface area contributed by atoms with Crippen molar-refractivity contribution < 1.29 is 23.7 Å². The summed E-state index contributed by atoms with van der Waals surface area (Å²) in [5, 5.41) is 8.09. The minimum absolute atomic E-state index is 0.0968. The molecule has 3 saturated heterocycles. The predicted octanol–water partition coefficient (Wildman–Crippen LogP) is 2.87. The maximum absolute atomic E-state index is 11.6. The maximum atomic E-state index is 11.6. The van der Waals surface area contributed by atoms with Gasteiger partial charge in [0.15, 0.2) is 29.0 Å². The van der Waals surface area contributed by atoms with Gasteiger partial charge < -0.3 is 30.0 Å². The quantitative estimate of drug-likeness (QED) is 0.321. The fourth-order valence-corrected chi connectivity index (χ4v) is 5.86. The van der Waals surface area contributed by atoms with Crippen molar-refractivity contribution >= 4 is 22.9 Å². The van der Waals surface area contributed by atoms with Crippen molar-refractivity contribution in [3.63, 3.8) is 0 Å². The molecule has 0 radical (unpaired) electrons. The Balaban J connectivity index is 1.29. The van der Waals surface area contributed by atoms with E-state index in [2.05, 4.69) is 41.6 Å². The zero-order chi connectivity index (χ0) is 29.0. The molecule has 3 aliphatic rings. The molecule has 42 heavy (non-hydrogen) atoms. The lowest BCUT2D eigenvalue weighted by Gasteiger charge is -2.24. The van der Waals surface area contributed by atoms with Crippen LogP contribution < -0.4 is 11.1 Å². The van der Waals surface area contributed by atoms with Gasteiger partial charge in [-0.2, -0.15) is 15.1 Å². The standard InChI is InChI=1S/C29H34N8O5/c1-16-4-6-17(7-5-16)18-12-32-37(13-18)28-34-25(33-19-10-11-39-14-19)22-26(35-28)36(15-31-22)27-24-23(41-29(2,3)42-24)20(40-27)8-9-21(30)38/h4-7,12-13,15,19-20,23-24,27H,8-11,14H2,1-3H3,(H2,30,38)(H,33,34,35)/t19?,20-,23+,24+,27+/m0/s1. The van der Waals surface area contributed by atoms with Crippen LogP contribution in [0.25, 0.3) is 28.2 Å². The monoisotopic (exact) mass is 574 g/mol. The van der Waals surface area contributed by atoms with Crippen LogP contribution in [-0.4, -0.2) is 78.6 Å². The highest BCUT2D eigenvalue weighted by Gasteiger charge is 2.56. The highest BCUT2D eigenvalue weighted by molar-refractivity contribution is 5.84. The van der Waals surface area contributed by atoms with Crippen LogP contribution in [0.3, 0.4) is 0 Å². The summed E-state index contributed by atoms with van der Waals surface area (Å²) in [5.74, 6) is -0.235. The van der Waals surface area contributed by atoms with E-state index in [1.165, 1.54) is 5.56 Å². The Morgan fingerprint density at radius 2 is 1.95 bits per heavy atom. The number of nitrogens with one attached hydrogen (secondary N) is 1. The topological polar surface area (TPSA) is 153 Å². The molecule has 3 fully saturated rings. The number of aryl methyl sites for hydroxylation is 1. The molecule has 0 spiro atoms. The largest absolute Gasteiger partial charge is 0.379 e. The van der Waals surface area contributed by atoms with E-state index in [-0.39, 0.29) is 24.7 Å². The second kappa shape index (κ2) is 10.4. The van der Waals surface area contributed by atoms with Crippen LogP contribution in [0.1, 0.15) is 44.9 Å². The van der Waals surface area contributed by atoms with E-state index in [9.17, 15) is 4.79 Å². The third-order valence-electron chi connectivity index (χ3n) is 7.93. The van der Waals surface area contributed by atoms with Crippen molar-refractivity contribution in [1.82, 2.24) is 29.3 Å². The number of carbonyl (C=O) groups excluding carboxylic acids is 1. The highest BCUT2D eigenvalue weighted by Crippen LogP contribution is 2.45. The van der Waals surface area contributed by atoms with Gasteiger partial charge in [-0.25, -0.2) is 9.67 Å². The van der Waals surface area contributed by atoms with Gasteiger partial charge in [-0.05, 0) is 39.2 Å². The first-order valence-corrected chi connectivity index (χ1v) is 14.2. The molecule has 13 nitrogen and oxygen atoms in total. The second-order valence-corrected chi connectivity index (χ2v) is 11.6. The Morgan fingerprint density at radius 3 is 2.71 bits per heavy atom. The lowest BCUT2D eigenvalue weighted by Crippen LogP contribution is -2.30. The van der Waals surface area contributed by atoms with E-state index < -0.39 is 24.0 Å². The van der Waals surface area contributed by atoms with E-state index >= 15 is 0 Å². The molecule has 0 bridgehead atoms. The highest BCUT2D eigenvalue weighted by atomic mass is 16.8. The molecule has 4 aromatic rings. The number of benzene rings is 1. The Kier molecular flexibility index (Phi) is 6.69. The number of nitrogens with two attached hydrogens (primary N) is 1. The molecule has 1 amide bonds. The van der Waals surface area contributed by atoms with Gasteiger partial charge in [0.05, 0.1) is 31.3 Å². The Bertz CT molecular complexity index is 1610. The third-order valence-corrected chi connectivity index (χ3v) is 7.93. The average Bonchev–Trinajstić information content (AvgIpc) is 3.77. The fourth-order valence-electron chi connectivity index (χ4n) is 5.86. The first-order chi connectivity index (χ1) is 20.2. The molecule has 5 atom stereocenters. The molecule has 0 aliphatic carbocycles. The number of ether oxygens (including phenoxy) is 4. The summed E-state index contributed by atoms with van der Waals surface area (Å²) in [5.41, 5.74) is 9.78. The first kappa shape index (κ1) is 27.0. The number of aromatic nitrogens is 6. The van der Waals surface area contributed by atoms with E-state index in [1.54, 1.807) is 17.2 Å². The van der Waals surface area contributed by atoms with Crippen LogP contribution in [0.15, 0.2) is 43.0 Å². The fraction of sp³-hybridized carbons (Fsp3) is 0.483. The number of rotatable bonds is 8. The van der Waals surface area contributed by atoms with Crippen LogP contribution >= 0.6 is 0 Å². The van der Waals surface area contributed by atoms with Gasteiger partial charge >= 0.3 is 0 Å². The molecule has 220 valence electrons. The summed E-state index contributed by atoms with van der Waals surface area (Å²) in [7, 11) is 0. The van der Waals surface area contributed by atoms with Crippen LogP contribution in [0.5, 0.6) is 0 Å². The molecule has 13 heteroatoms. The molecule has 3 N–H and O–H groups in total. The summed E-state index contributed by atoms with van der Waals surface area (Å²) in [4.78, 5) is 26.0. The van der Waals surface area contributed by atoms with Gasteiger partial charge in [0.25, 0.3) is 5.95 Å². The van der Waals surface area contributed by atoms with Crippen molar-refractivity contribution in [2.45, 2.75) is 76.4 Å². The predicted molar refractivity (Wildman–Crippen MR) is 152 cm³/mol. The minimum atomic E-state index is -0.810. The maximum Gasteiger partial charge on any atom is 0.254 e. The minimum Gasteiger partial charge on any atom is -0.379 e. The van der Waals surface area contributed by atoms with Gasteiger partial charge in [-0.3, -0.25) is 9.36 Å². The Labute approximate surface area is 242 Å². The molecule has 3 aromatic heterocycles. The van der Waals surface area contributed by atoms with E-state index in [1.807, 2.05) is 24.6 Å². The van der Waals surface area contributed by atoms with E-state index in [0.717, 1.165) is 17.5 Å². The zero-order valence-corrected chi connectivity index (χ0v) is 23.8. The number of primary amides is 1. The summed E-state index contributed by atoms with van der Waals surface area (Å²) < 4.78 is 28.1. The summed E-state index contributed by atoms with van der Waals surface area (Å²) in [6, 6.07) is 8.37. The number of fused-ring (bicyclic) bond motifs is 2. The molecule has 1 unspecified atom stereocenters. The van der Waals surface area contributed by atoms with Gasteiger partial charge in [0.1, 0.15) is 12.2 Å². The number of hydrogen-bond donors (Lipinski definition) is 2. The number of amides is 1. The van der Waals surface area contributed by atoms with Gasteiger partial charge in [0.2, 0.25) is 5.91 Å². The third kappa shape index (κ3) is 5.02. The average molecular weight is 575 g/mol. The normalized spacial score (nSPS) is 26.6. The smallest absolute Gasteiger partial charge is 0.254 e. The number of carbonyl (C=O) groups is 1. The van der Waals surface area contributed by atoms with Crippen molar-refractivity contribution in [3.05, 3.63) is 48.5 Å². The lowest BCUT2D eigenvalue weighted by molar-refractivity contribution is -0.197. The van der Waals surface area contributed by atoms with Gasteiger partial charge in [0, 0.05) is 24.8 Å².